The number of aliphatic hydroxyl groups is 3. The number of unbranched alkanes of at least 4 members (excludes halogenated alkanes) is 4. The molecule has 0 aromatic heterocycles. The number of rotatable bonds is 10. The SMILES string of the molecule is CC/C=C/CCCCCCO[C@H]1[C@H](O)[C@@H](CO)OC[C@@H]1O. The van der Waals surface area contributed by atoms with Crippen molar-refractivity contribution in [3.05, 3.63) is 12.2 Å². The molecule has 4 atom stereocenters. The summed E-state index contributed by atoms with van der Waals surface area (Å²) >= 11 is 0. The van der Waals surface area contributed by atoms with Gasteiger partial charge in [-0.25, -0.2) is 0 Å². The second kappa shape index (κ2) is 11.2. The van der Waals surface area contributed by atoms with Gasteiger partial charge in [-0.05, 0) is 25.7 Å². The molecule has 1 fully saturated rings. The van der Waals surface area contributed by atoms with E-state index in [2.05, 4.69) is 19.1 Å². The fraction of sp³-hybridized carbons (Fsp3) is 0.875. The molecule has 124 valence electrons. The molecule has 1 rings (SSSR count). The van der Waals surface area contributed by atoms with Crippen LogP contribution in [-0.2, 0) is 9.47 Å². The molecular formula is C16H30O5. The number of hydrogen-bond acceptors (Lipinski definition) is 5. The van der Waals surface area contributed by atoms with Gasteiger partial charge in [0.2, 0.25) is 0 Å². The molecular weight excluding hydrogens is 272 g/mol. The Kier molecular flexibility index (Phi) is 9.87. The maximum atomic E-state index is 9.94. The summed E-state index contributed by atoms with van der Waals surface area (Å²) in [7, 11) is 0. The molecule has 3 N–H and O–H groups in total. The van der Waals surface area contributed by atoms with Crippen LogP contribution in [0.25, 0.3) is 0 Å². The molecule has 0 amide bonds. The summed E-state index contributed by atoms with van der Waals surface area (Å²) in [5.41, 5.74) is 0. The van der Waals surface area contributed by atoms with Crippen LogP contribution in [0.1, 0.15) is 45.4 Å². The van der Waals surface area contributed by atoms with E-state index in [1.165, 1.54) is 6.42 Å². The molecule has 1 heterocycles. The van der Waals surface area contributed by atoms with Crippen molar-refractivity contribution < 1.29 is 24.8 Å². The van der Waals surface area contributed by atoms with Crippen molar-refractivity contribution in [1.82, 2.24) is 0 Å². The first-order valence-corrected chi connectivity index (χ1v) is 8.05. The first-order valence-electron chi connectivity index (χ1n) is 8.05. The molecule has 0 aromatic carbocycles. The van der Waals surface area contributed by atoms with Crippen LogP contribution < -0.4 is 0 Å². The molecule has 0 spiro atoms. The third-order valence-electron chi connectivity index (χ3n) is 3.74. The lowest BCUT2D eigenvalue weighted by Gasteiger charge is -2.37. The Labute approximate surface area is 127 Å². The van der Waals surface area contributed by atoms with Crippen LogP contribution in [0.3, 0.4) is 0 Å². The standard InChI is InChI=1S/C16H30O5/c1-2-3-4-5-6-7-8-9-10-20-16-13(18)12-21-14(11-17)15(16)19/h3-4,13-19H,2,5-12H2,1H3/b4-3+/t13-,14+,15+,16+/m0/s1. The van der Waals surface area contributed by atoms with Crippen LogP contribution in [-0.4, -0.2) is 59.6 Å². The van der Waals surface area contributed by atoms with E-state index in [9.17, 15) is 10.2 Å². The molecule has 0 bridgehead atoms. The molecule has 1 aliphatic heterocycles. The lowest BCUT2D eigenvalue weighted by Crippen LogP contribution is -2.55. The zero-order valence-corrected chi connectivity index (χ0v) is 13.0. The van der Waals surface area contributed by atoms with Crippen LogP contribution in [0, 0.1) is 0 Å². The maximum absolute atomic E-state index is 9.94. The van der Waals surface area contributed by atoms with Gasteiger partial charge in [0.25, 0.3) is 0 Å². The van der Waals surface area contributed by atoms with Crippen molar-refractivity contribution in [2.45, 2.75) is 69.9 Å². The minimum absolute atomic E-state index is 0.0940. The van der Waals surface area contributed by atoms with Crippen molar-refractivity contribution in [3.63, 3.8) is 0 Å². The second-order valence-corrected chi connectivity index (χ2v) is 5.53. The number of allylic oxidation sites excluding steroid dienone is 2. The van der Waals surface area contributed by atoms with Gasteiger partial charge in [-0.3, -0.25) is 0 Å². The van der Waals surface area contributed by atoms with Gasteiger partial charge in [0, 0.05) is 6.61 Å². The zero-order chi connectivity index (χ0) is 15.5. The summed E-state index contributed by atoms with van der Waals surface area (Å²) in [5, 5.41) is 28.8. The van der Waals surface area contributed by atoms with Gasteiger partial charge >= 0.3 is 0 Å². The predicted octanol–water partition coefficient (Wildman–Crippen LogP) is 1.40. The van der Waals surface area contributed by atoms with Gasteiger partial charge in [0.1, 0.15) is 24.4 Å². The number of ether oxygens (including phenoxy) is 2. The minimum Gasteiger partial charge on any atom is -0.394 e. The highest BCUT2D eigenvalue weighted by Gasteiger charge is 2.38. The quantitative estimate of drug-likeness (QED) is 0.420. The molecule has 0 radical (unpaired) electrons. The normalized spacial score (nSPS) is 30.1. The van der Waals surface area contributed by atoms with E-state index < -0.39 is 24.4 Å². The summed E-state index contributed by atoms with van der Waals surface area (Å²) in [6.45, 7) is 2.48. The maximum Gasteiger partial charge on any atom is 0.114 e. The summed E-state index contributed by atoms with van der Waals surface area (Å²) < 4.78 is 10.7. The van der Waals surface area contributed by atoms with E-state index in [-0.39, 0.29) is 13.2 Å². The average molecular weight is 302 g/mol. The molecule has 0 aliphatic carbocycles. The summed E-state index contributed by atoms with van der Waals surface area (Å²) in [5.74, 6) is 0. The Hall–Kier alpha value is -0.460. The zero-order valence-electron chi connectivity index (χ0n) is 13.0. The van der Waals surface area contributed by atoms with Gasteiger partial charge < -0.3 is 24.8 Å². The van der Waals surface area contributed by atoms with Crippen LogP contribution in [0.15, 0.2) is 12.2 Å². The van der Waals surface area contributed by atoms with E-state index >= 15 is 0 Å². The molecule has 0 unspecified atom stereocenters. The van der Waals surface area contributed by atoms with Crippen molar-refractivity contribution in [2.75, 3.05) is 19.8 Å². The third kappa shape index (κ3) is 6.89. The highest BCUT2D eigenvalue weighted by molar-refractivity contribution is 4.87. The Balaban J connectivity index is 2.09. The Morgan fingerprint density at radius 1 is 1.14 bits per heavy atom. The van der Waals surface area contributed by atoms with Crippen LogP contribution >= 0.6 is 0 Å². The Morgan fingerprint density at radius 3 is 2.62 bits per heavy atom. The van der Waals surface area contributed by atoms with Gasteiger partial charge in [-0.1, -0.05) is 31.9 Å². The second-order valence-electron chi connectivity index (χ2n) is 5.53. The summed E-state index contributed by atoms with van der Waals surface area (Å²) in [4.78, 5) is 0. The molecule has 5 heteroatoms. The lowest BCUT2D eigenvalue weighted by atomic mass is 10.0. The Bertz CT molecular complexity index is 282. The first-order chi connectivity index (χ1) is 10.2. The van der Waals surface area contributed by atoms with E-state index in [4.69, 9.17) is 14.6 Å². The molecule has 5 nitrogen and oxygen atoms in total. The van der Waals surface area contributed by atoms with Crippen molar-refractivity contribution in [2.24, 2.45) is 0 Å². The van der Waals surface area contributed by atoms with E-state index in [0.29, 0.717) is 6.61 Å². The monoisotopic (exact) mass is 302 g/mol. The molecule has 1 aliphatic rings. The average Bonchev–Trinajstić information content (AvgIpc) is 2.48. The van der Waals surface area contributed by atoms with Gasteiger partial charge in [0.05, 0.1) is 13.2 Å². The summed E-state index contributed by atoms with van der Waals surface area (Å²) in [6, 6.07) is 0. The van der Waals surface area contributed by atoms with Crippen molar-refractivity contribution >= 4 is 0 Å². The first kappa shape index (κ1) is 18.6. The fourth-order valence-corrected chi connectivity index (χ4v) is 2.45. The largest absolute Gasteiger partial charge is 0.394 e. The molecule has 0 saturated carbocycles. The molecule has 0 aromatic rings. The van der Waals surface area contributed by atoms with E-state index in [1.54, 1.807) is 0 Å². The summed E-state index contributed by atoms with van der Waals surface area (Å²) in [6.07, 6.45) is 7.85. The minimum atomic E-state index is -0.974. The smallest absolute Gasteiger partial charge is 0.114 e. The van der Waals surface area contributed by atoms with E-state index in [0.717, 1.165) is 32.1 Å². The van der Waals surface area contributed by atoms with Gasteiger partial charge in [-0.2, -0.15) is 0 Å². The number of hydrogen-bond donors (Lipinski definition) is 3. The van der Waals surface area contributed by atoms with Crippen LogP contribution in [0.4, 0.5) is 0 Å². The fourth-order valence-electron chi connectivity index (χ4n) is 2.45. The number of aliphatic hydroxyl groups excluding tert-OH is 3. The highest BCUT2D eigenvalue weighted by Crippen LogP contribution is 2.19. The van der Waals surface area contributed by atoms with Crippen LogP contribution in [0.5, 0.6) is 0 Å². The predicted molar refractivity (Wildman–Crippen MR) is 81.1 cm³/mol. The lowest BCUT2D eigenvalue weighted by molar-refractivity contribution is -0.210. The van der Waals surface area contributed by atoms with Crippen LogP contribution in [0.2, 0.25) is 0 Å². The van der Waals surface area contributed by atoms with Gasteiger partial charge in [0.15, 0.2) is 0 Å². The highest BCUT2D eigenvalue weighted by atomic mass is 16.6. The Morgan fingerprint density at radius 2 is 1.90 bits per heavy atom. The topological polar surface area (TPSA) is 79.2 Å². The van der Waals surface area contributed by atoms with Crippen molar-refractivity contribution in [3.8, 4) is 0 Å². The van der Waals surface area contributed by atoms with E-state index in [1.807, 2.05) is 0 Å². The van der Waals surface area contributed by atoms with Crippen molar-refractivity contribution in [1.29, 1.82) is 0 Å². The third-order valence-corrected chi connectivity index (χ3v) is 3.74. The molecule has 1 saturated heterocycles. The molecule has 21 heavy (non-hydrogen) atoms. The van der Waals surface area contributed by atoms with Gasteiger partial charge in [-0.15, -0.1) is 0 Å².